The Morgan fingerprint density at radius 1 is 1.18 bits per heavy atom. The molecule has 2 N–H and O–H groups in total. The second kappa shape index (κ2) is 11.7. The molecule has 0 unspecified atom stereocenters. The van der Waals surface area contributed by atoms with Crippen molar-refractivity contribution in [1.29, 1.82) is 0 Å². The van der Waals surface area contributed by atoms with Crippen molar-refractivity contribution < 1.29 is 9.53 Å². The summed E-state index contributed by atoms with van der Waals surface area (Å²) in [6.45, 7) is 7.78. The fourth-order valence-electron chi connectivity index (χ4n) is 2.91. The molecule has 8 heteroatoms. The highest BCUT2D eigenvalue weighted by molar-refractivity contribution is 7.98. The van der Waals surface area contributed by atoms with Crippen molar-refractivity contribution in [2.75, 3.05) is 35.4 Å². The molecule has 1 heterocycles. The molecule has 33 heavy (non-hydrogen) atoms. The third kappa shape index (κ3) is 6.60. The van der Waals surface area contributed by atoms with E-state index in [1.54, 1.807) is 18.0 Å². The number of ether oxygens (including phenoxy) is 1. The van der Waals surface area contributed by atoms with Gasteiger partial charge in [-0.3, -0.25) is 4.79 Å². The highest BCUT2D eigenvalue weighted by Gasteiger charge is 2.12. The van der Waals surface area contributed by atoms with E-state index in [2.05, 4.69) is 28.8 Å². The van der Waals surface area contributed by atoms with Crippen LogP contribution in [0.5, 0.6) is 5.75 Å². The van der Waals surface area contributed by atoms with E-state index in [0.29, 0.717) is 24.1 Å². The fourth-order valence-corrected chi connectivity index (χ4v) is 3.36. The van der Waals surface area contributed by atoms with Crippen LogP contribution in [-0.4, -0.2) is 35.8 Å². The van der Waals surface area contributed by atoms with Crippen LogP contribution in [0.15, 0.2) is 84.9 Å². The van der Waals surface area contributed by atoms with E-state index in [4.69, 9.17) is 9.72 Å². The first-order chi connectivity index (χ1) is 16.0. The van der Waals surface area contributed by atoms with Crippen molar-refractivity contribution in [3.05, 3.63) is 80.0 Å². The van der Waals surface area contributed by atoms with Gasteiger partial charge < -0.3 is 20.3 Å². The summed E-state index contributed by atoms with van der Waals surface area (Å²) >= 11 is 1.55. The molecule has 0 aliphatic heterocycles. The minimum atomic E-state index is -0.264. The van der Waals surface area contributed by atoms with Crippen molar-refractivity contribution in [2.24, 2.45) is 0 Å². The second-order valence-electron chi connectivity index (χ2n) is 6.96. The molecule has 7 nitrogen and oxygen atoms in total. The Kier molecular flexibility index (Phi) is 8.49. The Bertz CT molecular complexity index is 1120. The third-order valence-corrected chi connectivity index (χ3v) is 5.39. The van der Waals surface area contributed by atoms with E-state index in [0.717, 1.165) is 28.4 Å². The van der Waals surface area contributed by atoms with Gasteiger partial charge in [0.2, 0.25) is 11.9 Å². The van der Waals surface area contributed by atoms with E-state index in [1.807, 2.05) is 72.8 Å². The molecule has 0 atom stereocenters. The molecule has 2 aromatic carbocycles. The lowest BCUT2D eigenvalue weighted by Gasteiger charge is -2.19. The Hall–Kier alpha value is -3.78. The number of thioether (sulfide) groups is 1. The summed E-state index contributed by atoms with van der Waals surface area (Å²) in [7, 11) is 1.91. The molecule has 1 amide bonds. The lowest BCUT2D eigenvalue weighted by Crippen LogP contribution is -2.14. The molecule has 0 aliphatic carbocycles. The maximum absolute atomic E-state index is 11.6. The third-order valence-electron chi connectivity index (χ3n) is 4.66. The fraction of sp³-hybridized carbons (Fsp3) is 0.160. The molecule has 3 rings (SSSR count). The van der Waals surface area contributed by atoms with Crippen LogP contribution in [0.1, 0.15) is 6.42 Å². The van der Waals surface area contributed by atoms with E-state index in [1.165, 1.54) is 6.08 Å². The van der Waals surface area contributed by atoms with Crippen LogP contribution in [0.4, 0.5) is 28.8 Å². The number of nitrogens with zero attached hydrogens (tertiary/aromatic N) is 3. The zero-order chi connectivity index (χ0) is 23.6. The molecular weight excluding hydrogens is 434 g/mol. The summed E-state index contributed by atoms with van der Waals surface area (Å²) in [6, 6.07) is 15.2. The van der Waals surface area contributed by atoms with Crippen molar-refractivity contribution in [2.45, 2.75) is 11.3 Å². The van der Waals surface area contributed by atoms with E-state index in [-0.39, 0.29) is 5.91 Å². The predicted octanol–water partition coefficient (Wildman–Crippen LogP) is 5.79. The van der Waals surface area contributed by atoms with Crippen LogP contribution in [0.25, 0.3) is 0 Å². The van der Waals surface area contributed by atoms with Crippen molar-refractivity contribution >= 4 is 46.5 Å². The smallest absolute Gasteiger partial charge is 0.247 e. The van der Waals surface area contributed by atoms with Crippen LogP contribution in [0.3, 0.4) is 0 Å². The number of amides is 1. The van der Waals surface area contributed by atoms with Gasteiger partial charge in [-0.1, -0.05) is 18.7 Å². The minimum absolute atomic E-state index is 0.264. The number of rotatable bonds is 11. The minimum Gasteiger partial charge on any atom is -0.493 e. The molecule has 0 bridgehead atoms. The van der Waals surface area contributed by atoms with Crippen LogP contribution in [-0.2, 0) is 4.79 Å². The van der Waals surface area contributed by atoms with E-state index >= 15 is 0 Å². The highest BCUT2D eigenvalue weighted by atomic mass is 32.2. The topological polar surface area (TPSA) is 79.4 Å². The van der Waals surface area contributed by atoms with E-state index < -0.39 is 0 Å². The molecule has 170 valence electrons. The van der Waals surface area contributed by atoms with Gasteiger partial charge in [-0.2, -0.15) is 4.98 Å². The number of carbonyl (C=O) groups excluding carboxylic acids is 1. The molecular formula is C25H27N5O2S. The highest BCUT2D eigenvalue weighted by Crippen LogP contribution is 2.30. The first-order valence-corrected chi connectivity index (χ1v) is 11.6. The summed E-state index contributed by atoms with van der Waals surface area (Å²) < 4.78 is 5.68. The first-order valence-electron chi connectivity index (χ1n) is 10.3. The number of aromatic nitrogens is 2. The Morgan fingerprint density at radius 3 is 2.64 bits per heavy atom. The zero-order valence-corrected chi connectivity index (χ0v) is 19.6. The lowest BCUT2D eigenvalue weighted by molar-refractivity contribution is -0.111. The van der Waals surface area contributed by atoms with Gasteiger partial charge in [0.25, 0.3) is 0 Å². The Morgan fingerprint density at radius 2 is 1.94 bits per heavy atom. The van der Waals surface area contributed by atoms with Gasteiger partial charge in [0.1, 0.15) is 11.6 Å². The molecule has 0 fully saturated rings. The van der Waals surface area contributed by atoms with Crippen LogP contribution in [0.2, 0.25) is 0 Å². The molecule has 0 saturated heterocycles. The van der Waals surface area contributed by atoms with Crippen molar-refractivity contribution in [3.8, 4) is 5.75 Å². The Balaban J connectivity index is 1.79. The largest absolute Gasteiger partial charge is 0.493 e. The summed E-state index contributed by atoms with van der Waals surface area (Å²) in [6.07, 6.45) is 7.63. The van der Waals surface area contributed by atoms with Gasteiger partial charge in [0.05, 0.1) is 11.5 Å². The molecule has 0 aliphatic rings. The number of anilines is 5. The van der Waals surface area contributed by atoms with Crippen LogP contribution < -0.4 is 20.3 Å². The monoisotopic (exact) mass is 461 g/mol. The Labute approximate surface area is 198 Å². The van der Waals surface area contributed by atoms with E-state index in [9.17, 15) is 4.79 Å². The normalized spacial score (nSPS) is 10.2. The molecule has 1 aromatic heterocycles. The molecule has 0 spiro atoms. The van der Waals surface area contributed by atoms with Crippen molar-refractivity contribution in [1.82, 2.24) is 9.97 Å². The zero-order valence-electron chi connectivity index (χ0n) is 18.7. The van der Waals surface area contributed by atoms with Gasteiger partial charge in [-0.15, -0.1) is 18.3 Å². The average Bonchev–Trinajstić information content (AvgIpc) is 2.84. The number of hydrogen-bond acceptors (Lipinski definition) is 7. The SMILES string of the molecule is C=CCCOc1ccc(N(C)c2ncc(SC)c(Nc3cccc(NC(=O)C=C)c3)n2)cc1. The van der Waals surface area contributed by atoms with Gasteiger partial charge >= 0.3 is 0 Å². The second-order valence-corrected chi connectivity index (χ2v) is 7.81. The number of benzene rings is 2. The lowest BCUT2D eigenvalue weighted by atomic mass is 10.2. The quantitative estimate of drug-likeness (QED) is 0.162. The van der Waals surface area contributed by atoms with Crippen molar-refractivity contribution in [3.63, 3.8) is 0 Å². The number of nitrogens with one attached hydrogen (secondary N) is 2. The number of carbonyl (C=O) groups is 1. The van der Waals surface area contributed by atoms with Gasteiger partial charge in [0, 0.05) is 30.3 Å². The van der Waals surface area contributed by atoms with Gasteiger partial charge in [0.15, 0.2) is 0 Å². The summed E-state index contributed by atoms with van der Waals surface area (Å²) in [5.41, 5.74) is 2.39. The van der Waals surface area contributed by atoms with Crippen LogP contribution >= 0.6 is 11.8 Å². The standard InChI is InChI=1S/C25H27N5O2S/c1-5-7-15-32-21-13-11-20(12-14-21)30(3)25-26-17-22(33-4)24(29-25)28-19-10-8-9-18(16-19)27-23(31)6-2/h5-6,8-14,16-17H,1-2,7,15H2,3-4H3,(H,27,31)(H,26,28,29). The maximum atomic E-state index is 11.6. The number of hydrogen-bond donors (Lipinski definition) is 2. The summed E-state index contributed by atoms with van der Waals surface area (Å²) in [4.78, 5) is 23.7. The summed E-state index contributed by atoms with van der Waals surface area (Å²) in [5.74, 6) is 1.76. The predicted molar refractivity (Wildman–Crippen MR) is 137 cm³/mol. The van der Waals surface area contributed by atoms with Gasteiger partial charge in [-0.05, 0) is 61.2 Å². The summed E-state index contributed by atoms with van der Waals surface area (Å²) in [5, 5.41) is 6.10. The van der Waals surface area contributed by atoms with Crippen LogP contribution in [0, 0.1) is 0 Å². The first kappa shape index (κ1) is 23.9. The molecule has 0 radical (unpaired) electrons. The molecule has 0 saturated carbocycles. The van der Waals surface area contributed by atoms with Gasteiger partial charge in [-0.25, -0.2) is 4.98 Å². The molecule has 3 aromatic rings. The average molecular weight is 462 g/mol. The maximum Gasteiger partial charge on any atom is 0.247 e.